The van der Waals surface area contributed by atoms with Crippen LogP contribution in [-0.4, -0.2) is 121 Å². The van der Waals surface area contributed by atoms with Gasteiger partial charge in [0.05, 0.1) is 59.0 Å². The van der Waals surface area contributed by atoms with E-state index in [2.05, 4.69) is 50.8 Å². The molecule has 0 spiro atoms. The Hall–Kier alpha value is -8.75. The molecule has 2 aliphatic heterocycles. The van der Waals surface area contributed by atoms with Crippen molar-refractivity contribution in [3.63, 3.8) is 0 Å². The van der Waals surface area contributed by atoms with E-state index in [4.69, 9.17) is 53.6 Å². The molecule has 11 rings (SSSR count). The number of benzene rings is 4. The van der Waals surface area contributed by atoms with E-state index >= 15 is 4.39 Å². The summed E-state index contributed by atoms with van der Waals surface area (Å²) < 4.78 is 88.2. The standard InChI is InChI=1S/C54H53FN12O14P2S.C5H5N/c1-31(2)48(68)62-53-61-47-43(50(70)63-53)59-30-66(47)51-39(80-82(71)72)26-38(78-51)27-77-83(84,76-25-11-24-56)81-44-40(79-52(41(44)55)67-46-42(64-65-67)45(57-29-58-46)60-49(69)32-12-7-5-8-13-32)28-75-54(33-14-9-6-10-15-33,34-16-20-36(73-3)21-17-34)35-18-22-37(74-4)23-19-35;1-2-4-6-5-3-1/h5-10,12-23,29-31,38-41,44,51-52H,11,25-28H2,1-4H3,(H,57,58,60,69)(H2,61,62,63,68,70);1-5H/p+1/t38-,39-,40+,41-,44+,51+,52+,83?;/m0./s1. The predicted molar refractivity (Wildman–Crippen MR) is 321 cm³/mol. The highest BCUT2D eigenvalue weighted by Crippen LogP contribution is 2.55. The third-order valence-electron chi connectivity index (χ3n) is 14.3. The Balaban J connectivity index is 0.00000140. The highest BCUT2D eigenvalue weighted by atomic mass is 32.5. The third-order valence-corrected chi connectivity index (χ3v) is 17.1. The van der Waals surface area contributed by atoms with Crippen molar-refractivity contribution in [3.8, 4) is 17.6 Å². The minimum atomic E-state index is -4.28. The maximum Gasteiger partial charge on any atom is 0.488 e. The minimum absolute atomic E-state index is 0.00609. The number of anilines is 2. The van der Waals surface area contributed by atoms with Gasteiger partial charge in [0, 0.05) is 30.0 Å². The van der Waals surface area contributed by atoms with Gasteiger partial charge in [-0.05, 0) is 69.5 Å². The first-order chi connectivity index (χ1) is 43.6. The molecule has 27 nitrogen and oxygen atoms in total. The Morgan fingerprint density at radius 2 is 1.52 bits per heavy atom. The van der Waals surface area contributed by atoms with Crippen LogP contribution >= 0.6 is 15.0 Å². The Morgan fingerprint density at radius 3 is 2.13 bits per heavy atom. The number of alkyl halides is 1. The fraction of sp³-hybridized carbons (Fsp3) is 0.305. The first-order valence-electron chi connectivity index (χ1n) is 27.9. The number of halogens is 1. The van der Waals surface area contributed by atoms with Crippen LogP contribution in [-0.2, 0) is 59.1 Å². The number of amides is 2. The lowest BCUT2D eigenvalue weighted by atomic mass is 9.80. The number of nitrogens with one attached hydrogen (secondary N) is 4. The average Bonchev–Trinajstić information content (AvgIpc) is 1.33. The Bertz CT molecular complexity index is 4010. The molecule has 0 aliphatic carbocycles. The van der Waals surface area contributed by atoms with Crippen LogP contribution in [0, 0.1) is 17.2 Å². The van der Waals surface area contributed by atoms with E-state index in [0.29, 0.717) is 33.8 Å². The van der Waals surface area contributed by atoms with Crippen molar-refractivity contribution in [2.45, 2.75) is 75.3 Å². The molecule has 9 aromatic rings. The molecule has 9 atom stereocenters. The average molecular weight is 1290 g/mol. The zero-order chi connectivity index (χ0) is 63.4. The number of imidazole rings is 1. The lowest BCUT2D eigenvalue weighted by Crippen LogP contribution is -2.40. The van der Waals surface area contributed by atoms with Gasteiger partial charge in [0.25, 0.3) is 11.5 Å². The first-order valence-corrected chi connectivity index (χ1v) is 31.6. The summed E-state index contributed by atoms with van der Waals surface area (Å²) in [6, 6.07) is 39.9. The number of H-pyrrole nitrogens is 2. The number of pyridine rings is 1. The molecule has 4 N–H and O–H groups in total. The summed E-state index contributed by atoms with van der Waals surface area (Å²) in [5, 5.41) is 23.4. The number of ether oxygens (including phenoxy) is 5. The van der Waals surface area contributed by atoms with Gasteiger partial charge in [-0.25, -0.2) is 24.3 Å². The summed E-state index contributed by atoms with van der Waals surface area (Å²) >= 11 is 6.06. The number of nitriles is 1. The Kier molecular flexibility index (Phi) is 20.9. The highest BCUT2D eigenvalue weighted by molar-refractivity contribution is 8.07. The van der Waals surface area contributed by atoms with Gasteiger partial charge in [-0.1, -0.05) is 97.9 Å². The molecule has 0 bridgehead atoms. The number of nitrogens with zero attached hydrogens (tertiary/aromatic N) is 9. The molecular formula is C59H59FN13O14P2S+. The SMILES string of the molecule is COc1ccc(C(OC[C@H]2O[C@@H](n3nnc4c(NC(=O)c5ccccc5)ncnc43)[C@@H](F)[C@@H]2OP(=S)(OCCC#N)OC[C@@H]2C[C@H](O[P+](=O)[O-])[C@H](n3cnc4c(=O)[nH]c(NC(=O)C(C)C)nc43)O2)(c2ccccc2)c2ccc(OC)cc2)cc1.c1cc[nH+]cc1. The molecule has 7 heterocycles. The Morgan fingerprint density at radius 1 is 0.867 bits per heavy atom. The van der Waals surface area contributed by atoms with E-state index < -0.39 is 100 Å². The van der Waals surface area contributed by atoms with Crippen LogP contribution < -0.4 is 35.5 Å². The molecule has 0 radical (unpaired) electrons. The summed E-state index contributed by atoms with van der Waals surface area (Å²) in [4.78, 5) is 73.7. The molecule has 2 saturated heterocycles. The van der Waals surface area contributed by atoms with Gasteiger partial charge in [0.15, 0.2) is 65.3 Å². The van der Waals surface area contributed by atoms with Gasteiger partial charge in [-0.3, -0.25) is 33.8 Å². The molecule has 90 heavy (non-hydrogen) atoms. The summed E-state index contributed by atoms with van der Waals surface area (Å²) in [7, 11) is -0.401. The van der Waals surface area contributed by atoms with Crippen molar-refractivity contribution in [2.24, 2.45) is 5.92 Å². The van der Waals surface area contributed by atoms with Gasteiger partial charge in [-0.15, -0.1) is 9.62 Å². The number of hydrogen-bond donors (Lipinski definition) is 3. The van der Waals surface area contributed by atoms with E-state index in [1.165, 1.54) is 10.9 Å². The number of fused-ring (bicyclic) bond motifs is 2. The van der Waals surface area contributed by atoms with Crippen LogP contribution in [0.2, 0.25) is 0 Å². The van der Waals surface area contributed by atoms with Gasteiger partial charge in [0.2, 0.25) is 11.9 Å². The molecule has 2 amide bonds. The quantitative estimate of drug-likeness (QED) is 0.0305. The number of carbonyl (C=O) groups is 2. The van der Waals surface area contributed by atoms with Crippen LogP contribution in [0.25, 0.3) is 22.3 Å². The highest BCUT2D eigenvalue weighted by Gasteiger charge is 2.53. The summed E-state index contributed by atoms with van der Waals surface area (Å²) in [6.45, 7) is -2.27. The lowest BCUT2D eigenvalue weighted by molar-refractivity contribution is -0.378. The number of methoxy groups -OCH3 is 2. The second kappa shape index (κ2) is 29.3. The molecule has 5 aromatic heterocycles. The largest absolute Gasteiger partial charge is 0.566 e. The molecule has 466 valence electrons. The van der Waals surface area contributed by atoms with E-state index in [9.17, 15) is 29.1 Å². The van der Waals surface area contributed by atoms with Gasteiger partial charge in [-0.2, -0.15) is 14.9 Å². The third kappa shape index (κ3) is 14.6. The zero-order valence-electron chi connectivity index (χ0n) is 48.5. The number of hydrogen-bond acceptors (Lipinski definition) is 22. The van der Waals surface area contributed by atoms with Gasteiger partial charge in [0.1, 0.15) is 35.6 Å². The second-order valence-corrected chi connectivity index (χ2v) is 24.0. The molecule has 31 heteroatoms. The second-order valence-electron chi connectivity index (χ2n) is 20.3. The van der Waals surface area contributed by atoms with E-state index in [-0.39, 0.29) is 53.5 Å². The van der Waals surface area contributed by atoms with Crippen LogP contribution in [0.4, 0.5) is 16.2 Å². The number of carbonyl (C=O) groups excluding carboxylic acids is 2. The van der Waals surface area contributed by atoms with Crippen LogP contribution in [0.15, 0.2) is 157 Å². The van der Waals surface area contributed by atoms with Crippen LogP contribution in [0.5, 0.6) is 11.5 Å². The maximum atomic E-state index is 18.1. The molecule has 2 unspecified atom stereocenters. The zero-order valence-corrected chi connectivity index (χ0v) is 51.1. The predicted octanol–water partition coefficient (Wildman–Crippen LogP) is 7.21. The summed E-state index contributed by atoms with van der Waals surface area (Å²) in [5.41, 5.74) is -0.222. The normalized spacial score (nSPS) is 19.8. The molecule has 4 aromatic carbocycles. The lowest BCUT2D eigenvalue weighted by Gasteiger charge is -2.37. The Labute approximate surface area is 519 Å². The molecule has 2 fully saturated rings. The number of rotatable bonds is 24. The number of aromatic nitrogens is 10. The van der Waals surface area contributed by atoms with Crippen molar-refractivity contribution < 1.29 is 70.2 Å². The van der Waals surface area contributed by atoms with Crippen LogP contribution in [0.3, 0.4) is 0 Å². The van der Waals surface area contributed by atoms with Crippen LogP contribution in [0.1, 0.15) is 66.2 Å². The van der Waals surface area contributed by atoms with Crippen molar-refractivity contribution in [1.82, 2.24) is 44.5 Å². The summed E-state index contributed by atoms with van der Waals surface area (Å²) in [5.74, 6) is -0.531. The topological polar surface area (TPSA) is 339 Å². The maximum absolute atomic E-state index is 18.1. The molecule has 0 saturated carbocycles. The van der Waals surface area contributed by atoms with Crippen molar-refractivity contribution in [1.29, 1.82) is 5.26 Å². The minimum Gasteiger partial charge on any atom is -0.566 e. The monoisotopic (exact) mass is 1290 g/mol. The molecule has 2 aliphatic rings. The van der Waals surface area contributed by atoms with Gasteiger partial charge >= 0.3 is 15.0 Å². The fourth-order valence-corrected chi connectivity index (χ4v) is 12.4. The fourth-order valence-electron chi connectivity index (χ4n) is 9.90. The van der Waals surface area contributed by atoms with E-state index in [0.717, 1.165) is 11.0 Å². The van der Waals surface area contributed by atoms with Crippen molar-refractivity contribution >= 4 is 72.7 Å². The number of aromatic amines is 2. The van der Waals surface area contributed by atoms with E-state index in [1.54, 1.807) is 82.7 Å². The van der Waals surface area contributed by atoms with Crippen molar-refractivity contribution in [3.05, 3.63) is 185 Å². The first kappa shape index (κ1) is 64.2. The summed E-state index contributed by atoms with van der Waals surface area (Å²) in [6.07, 6.45) is -4.96. The smallest absolute Gasteiger partial charge is 0.488 e. The van der Waals surface area contributed by atoms with E-state index in [1.807, 2.05) is 91.3 Å². The molecular weight excluding hydrogens is 1230 g/mol. The van der Waals surface area contributed by atoms with Gasteiger partial charge < -0.3 is 42.9 Å². The van der Waals surface area contributed by atoms with Crippen molar-refractivity contribution in [2.75, 3.05) is 44.7 Å².